The van der Waals surface area contributed by atoms with E-state index in [1.165, 1.54) is 6.20 Å². The molecule has 1 aromatic heterocycles. The van der Waals surface area contributed by atoms with Crippen LogP contribution in [0.1, 0.15) is 12.1 Å². The molecule has 0 fully saturated rings. The fraction of sp³-hybridized carbons (Fsp3) is 0.444. The smallest absolute Gasteiger partial charge is 0.144 e. The van der Waals surface area contributed by atoms with Crippen LogP contribution in [0.3, 0.4) is 0 Å². The van der Waals surface area contributed by atoms with Crippen LogP contribution >= 0.6 is 12.2 Å². The third kappa shape index (κ3) is 4.63. The minimum atomic E-state index is -0.743. The van der Waals surface area contributed by atoms with Gasteiger partial charge in [0.25, 0.3) is 0 Å². The van der Waals surface area contributed by atoms with Crippen LogP contribution in [-0.2, 0) is 10.8 Å². The number of nitrogens with zero attached hydrogens (tertiary/aromatic N) is 2. The molecule has 5 nitrogen and oxygen atoms in total. The fourth-order valence-corrected chi connectivity index (χ4v) is 1.69. The zero-order chi connectivity index (χ0) is 12.0. The molecule has 0 aliphatic carbocycles. The van der Waals surface area contributed by atoms with E-state index in [1.807, 2.05) is 0 Å². The van der Waals surface area contributed by atoms with Crippen molar-refractivity contribution in [1.29, 1.82) is 0 Å². The van der Waals surface area contributed by atoms with Crippen molar-refractivity contribution in [2.75, 3.05) is 23.9 Å². The van der Waals surface area contributed by atoms with Gasteiger partial charge in [0.15, 0.2) is 0 Å². The first-order valence-electron chi connectivity index (χ1n) is 4.75. The van der Waals surface area contributed by atoms with Crippen molar-refractivity contribution in [3.63, 3.8) is 0 Å². The van der Waals surface area contributed by atoms with Crippen LogP contribution in [0, 0.1) is 0 Å². The summed E-state index contributed by atoms with van der Waals surface area (Å²) >= 11 is 4.76. The van der Waals surface area contributed by atoms with Crippen LogP contribution < -0.4 is 11.1 Å². The van der Waals surface area contributed by atoms with E-state index in [-0.39, 0.29) is 4.99 Å². The topological polar surface area (TPSA) is 80.9 Å². The molecule has 0 radical (unpaired) electrons. The third-order valence-corrected chi connectivity index (χ3v) is 2.89. The molecule has 0 saturated carbocycles. The van der Waals surface area contributed by atoms with Crippen LogP contribution in [0.25, 0.3) is 0 Å². The molecule has 3 N–H and O–H groups in total. The normalized spacial score (nSPS) is 12.1. The van der Waals surface area contributed by atoms with E-state index >= 15 is 0 Å². The van der Waals surface area contributed by atoms with Crippen LogP contribution in [0.4, 0.5) is 5.82 Å². The predicted octanol–water partition coefficient (Wildman–Crippen LogP) is 0.291. The van der Waals surface area contributed by atoms with Crippen molar-refractivity contribution < 1.29 is 4.21 Å². The fourth-order valence-electron chi connectivity index (χ4n) is 1.04. The second-order valence-corrected chi connectivity index (χ2v) is 5.20. The van der Waals surface area contributed by atoms with Crippen LogP contribution in [0.15, 0.2) is 12.4 Å². The van der Waals surface area contributed by atoms with Gasteiger partial charge in [0.05, 0.1) is 12.4 Å². The summed E-state index contributed by atoms with van der Waals surface area (Å²) in [6.07, 6.45) is 5.64. The van der Waals surface area contributed by atoms with Crippen molar-refractivity contribution in [1.82, 2.24) is 9.97 Å². The van der Waals surface area contributed by atoms with Gasteiger partial charge in [-0.05, 0) is 6.42 Å². The molecule has 1 unspecified atom stereocenters. The van der Waals surface area contributed by atoms with Gasteiger partial charge in [0.2, 0.25) is 0 Å². The van der Waals surface area contributed by atoms with E-state index in [9.17, 15) is 4.21 Å². The highest BCUT2D eigenvalue weighted by Gasteiger charge is 1.99. The standard InChI is InChI=1S/C9H14N4OS2/c1-16(14)4-2-3-11-8-6-12-7(5-13-8)9(10)15/h5-6H,2-4H2,1H3,(H2,10,15)(H,11,13). The van der Waals surface area contributed by atoms with Crippen molar-refractivity contribution in [2.24, 2.45) is 5.73 Å². The molecule has 1 atom stereocenters. The van der Waals surface area contributed by atoms with Crippen molar-refractivity contribution in [2.45, 2.75) is 6.42 Å². The molecule has 0 spiro atoms. The Balaban J connectivity index is 2.38. The molecule has 1 aromatic rings. The van der Waals surface area contributed by atoms with Gasteiger partial charge in [-0.25, -0.2) is 9.97 Å². The van der Waals surface area contributed by atoms with Gasteiger partial charge in [-0.3, -0.25) is 4.21 Å². The van der Waals surface area contributed by atoms with Gasteiger partial charge in [-0.2, -0.15) is 0 Å². The van der Waals surface area contributed by atoms with Crippen LogP contribution in [0.5, 0.6) is 0 Å². The molecule has 1 rings (SSSR count). The second kappa shape index (κ2) is 6.49. The number of hydrogen-bond donors (Lipinski definition) is 2. The SMILES string of the molecule is CS(=O)CCCNc1cnc(C(N)=S)cn1. The zero-order valence-electron chi connectivity index (χ0n) is 8.97. The predicted molar refractivity (Wildman–Crippen MR) is 70.0 cm³/mol. The monoisotopic (exact) mass is 258 g/mol. The van der Waals surface area contributed by atoms with Crippen molar-refractivity contribution >= 4 is 33.8 Å². The average Bonchev–Trinajstić information content (AvgIpc) is 2.25. The van der Waals surface area contributed by atoms with E-state index in [0.717, 1.165) is 13.0 Å². The van der Waals surface area contributed by atoms with E-state index in [0.29, 0.717) is 17.3 Å². The summed E-state index contributed by atoms with van der Waals surface area (Å²) < 4.78 is 10.8. The molecule has 0 aromatic carbocycles. The molecule has 0 aliphatic heterocycles. The van der Waals surface area contributed by atoms with Gasteiger partial charge in [-0.15, -0.1) is 0 Å². The Kier molecular flexibility index (Phi) is 5.27. The molecule has 88 valence electrons. The van der Waals surface area contributed by atoms with Crippen LogP contribution in [-0.4, -0.2) is 37.7 Å². The van der Waals surface area contributed by atoms with Gasteiger partial charge in [0.1, 0.15) is 16.5 Å². The Morgan fingerprint density at radius 3 is 2.81 bits per heavy atom. The lowest BCUT2D eigenvalue weighted by Crippen LogP contribution is -2.13. The maximum absolute atomic E-state index is 10.8. The molecule has 0 amide bonds. The van der Waals surface area contributed by atoms with Crippen LogP contribution in [0.2, 0.25) is 0 Å². The van der Waals surface area contributed by atoms with E-state index in [4.69, 9.17) is 18.0 Å². The minimum Gasteiger partial charge on any atom is -0.388 e. The number of nitrogens with one attached hydrogen (secondary N) is 1. The first-order valence-corrected chi connectivity index (χ1v) is 6.89. The Morgan fingerprint density at radius 1 is 1.56 bits per heavy atom. The number of hydrogen-bond acceptors (Lipinski definition) is 5. The highest BCUT2D eigenvalue weighted by Crippen LogP contribution is 2.01. The number of nitrogens with two attached hydrogens (primary N) is 1. The molecule has 0 saturated heterocycles. The number of thiocarbonyl (C=S) groups is 1. The summed E-state index contributed by atoms with van der Waals surface area (Å²) in [6.45, 7) is 0.723. The van der Waals surface area contributed by atoms with Gasteiger partial charge < -0.3 is 11.1 Å². The highest BCUT2D eigenvalue weighted by atomic mass is 32.2. The lowest BCUT2D eigenvalue weighted by atomic mass is 10.4. The third-order valence-electron chi connectivity index (χ3n) is 1.82. The molecule has 16 heavy (non-hydrogen) atoms. The van der Waals surface area contributed by atoms with E-state index < -0.39 is 10.8 Å². The second-order valence-electron chi connectivity index (χ2n) is 3.21. The maximum Gasteiger partial charge on any atom is 0.144 e. The highest BCUT2D eigenvalue weighted by molar-refractivity contribution is 7.84. The molecule has 0 bridgehead atoms. The Hall–Kier alpha value is -1.08. The van der Waals surface area contributed by atoms with Crippen molar-refractivity contribution in [3.05, 3.63) is 18.1 Å². The van der Waals surface area contributed by atoms with E-state index in [2.05, 4.69) is 15.3 Å². The molecule has 1 heterocycles. The summed E-state index contributed by atoms with van der Waals surface area (Å²) in [5.41, 5.74) is 5.90. The molecule has 0 aliphatic rings. The van der Waals surface area contributed by atoms with Crippen molar-refractivity contribution in [3.8, 4) is 0 Å². The molecular weight excluding hydrogens is 244 g/mol. The summed E-state index contributed by atoms with van der Waals surface area (Å²) in [5.74, 6) is 1.35. The Labute approximate surface area is 102 Å². The lowest BCUT2D eigenvalue weighted by Gasteiger charge is -2.04. The van der Waals surface area contributed by atoms with Gasteiger partial charge in [0, 0.05) is 29.4 Å². The quantitative estimate of drug-likeness (QED) is 0.564. The average molecular weight is 258 g/mol. The minimum absolute atomic E-state index is 0.237. The first kappa shape index (κ1) is 13.0. The summed E-state index contributed by atoms with van der Waals surface area (Å²) in [4.78, 5) is 8.38. The summed E-state index contributed by atoms with van der Waals surface area (Å²) in [7, 11) is -0.743. The van der Waals surface area contributed by atoms with Gasteiger partial charge in [-0.1, -0.05) is 12.2 Å². The Morgan fingerprint density at radius 2 is 2.31 bits per heavy atom. The first-order chi connectivity index (χ1) is 7.59. The Bertz CT molecular complexity index is 380. The number of anilines is 1. The summed E-state index contributed by atoms with van der Waals surface area (Å²) in [6, 6.07) is 0. The lowest BCUT2D eigenvalue weighted by molar-refractivity contribution is 0.685. The summed E-state index contributed by atoms with van der Waals surface area (Å²) in [5, 5.41) is 3.07. The maximum atomic E-state index is 10.8. The zero-order valence-corrected chi connectivity index (χ0v) is 10.6. The van der Waals surface area contributed by atoms with E-state index in [1.54, 1.807) is 12.5 Å². The number of rotatable bonds is 6. The van der Waals surface area contributed by atoms with Gasteiger partial charge >= 0.3 is 0 Å². The largest absolute Gasteiger partial charge is 0.388 e. The molecule has 7 heteroatoms. The molecular formula is C9H14N4OS2. The number of aromatic nitrogens is 2.